The monoisotopic (exact) mass is 560 g/mol. The number of nitrogens with zero attached hydrogens (tertiary/aromatic N) is 3. The number of carbonyl (C=O) groups excluding carboxylic acids is 1. The molecule has 0 fully saturated rings. The Morgan fingerprint density at radius 1 is 1.06 bits per heavy atom. The SMILES string of the molecule is CN=C(NCc1cccc(OCC(=O)N(C)C)c1)N(C)CCOc1ccc(Cl)cc1.I. The van der Waals surface area contributed by atoms with E-state index in [2.05, 4.69) is 10.3 Å². The van der Waals surface area contributed by atoms with Gasteiger partial charge in [-0.1, -0.05) is 23.7 Å². The quantitative estimate of drug-likeness (QED) is 0.289. The lowest BCUT2D eigenvalue weighted by Gasteiger charge is -2.22. The Labute approximate surface area is 206 Å². The Balaban J connectivity index is 0.00000480. The van der Waals surface area contributed by atoms with Gasteiger partial charge in [0.25, 0.3) is 5.91 Å². The van der Waals surface area contributed by atoms with Crippen molar-refractivity contribution < 1.29 is 14.3 Å². The van der Waals surface area contributed by atoms with Crippen LogP contribution in [0.2, 0.25) is 5.02 Å². The molecule has 0 spiro atoms. The summed E-state index contributed by atoms with van der Waals surface area (Å²) >= 11 is 5.88. The highest BCUT2D eigenvalue weighted by Crippen LogP contribution is 2.15. The van der Waals surface area contributed by atoms with E-state index in [-0.39, 0.29) is 36.5 Å². The smallest absolute Gasteiger partial charge is 0.259 e. The Morgan fingerprint density at radius 3 is 2.42 bits per heavy atom. The third-order valence-corrected chi connectivity index (χ3v) is 4.54. The largest absolute Gasteiger partial charge is 0.492 e. The molecule has 2 aromatic carbocycles. The van der Waals surface area contributed by atoms with E-state index in [0.29, 0.717) is 30.5 Å². The van der Waals surface area contributed by atoms with Crippen molar-refractivity contribution >= 4 is 47.4 Å². The lowest BCUT2D eigenvalue weighted by Crippen LogP contribution is -2.40. The maximum Gasteiger partial charge on any atom is 0.259 e. The highest BCUT2D eigenvalue weighted by molar-refractivity contribution is 14.0. The van der Waals surface area contributed by atoms with E-state index in [1.54, 1.807) is 33.3 Å². The molecular weight excluding hydrogens is 531 g/mol. The number of hydrogen-bond donors (Lipinski definition) is 1. The first-order valence-corrected chi connectivity index (χ1v) is 9.99. The van der Waals surface area contributed by atoms with Gasteiger partial charge in [0, 0.05) is 39.8 Å². The molecule has 0 aliphatic rings. The average molecular weight is 561 g/mol. The van der Waals surface area contributed by atoms with Gasteiger partial charge in [0.05, 0.1) is 6.54 Å². The molecule has 0 heterocycles. The maximum atomic E-state index is 11.7. The van der Waals surface area contributed by atoms with Gasteiger partial charge in [0.15, 0.2) is 12.6 Å². The molecule has 0 aromatic heterocycles. The molecule has 9 heteroatoms. The summed E-state index contributed by atoms with van der Waals surface area (Å²) in [5, 5.41) is 4.01. The van der Waals surface area contributed by atoms with Crippen LogP contribution in [0.4, 0.5) is 0 Å². The second-order valence-corrected chi connectivity index (χ2v) is 7.29. The fourth-order valence-electron chi connectivity index (χ4n) is 2.52. The second-order valence-electron chi connectivity index (χ2n) is 6.85. The topological polar surface area (TPSA) is 66.4 Å². The van der Waals surface area contributed by atoms with Crippen molar-refractivity contribution in [2.75, 3.05) is 47.9 Å². The van der Waals surface area contributed by atoms with Gasteiger partial charge in [-0.2, -0.15) is 0 Å². The maximum absolute atomic E-state index is 11.7. The number of amides is 1. The minimum absolute atomic E-state index is 0. The van der Waals surface area contributed by atoms with Gasteiger partial charge in [0.1, 0.15) is 18.1 Å². The number of ether oxygens (including phenoxy) is 2. The van der Waals surface area contributed by atoms with Crippen molar-refractivity contribution in [3.63, 3.8) is 0 Å². The lowest BCUT2D eigenvalue weighted by molar-refractivity contribution is -0.130. The van der Waals surface area contributed by atoms with Crippen LogP contribution in [0.3, 0.4) is 0 Å². The number of halogens is 2. The van der Waals surface area contributed by atoms with Crippen molar-refractivity contribution in [3.8, 4) is 11.5 Å². The van der Waals surface area contributed by atoms with Crippen LogP contribution in [0, 0.1) is 0 Å². The molecule has 2 aromatic rings. The molecular formula is C22H30ClIN4O3. The summed E-state index contributed by atoms with van der Waals surface area (Å²) in [5.74, 6) is 2.11. The minimum Gasteiger partial charge on any atom is -0.492 e. The molecule has 31 heavy (non-hydrogen) atoms. The predicted octanol–water partition coefficient (Wildman–Crippen LogP) is 3.51. The first-order valence-electron chi connectivity index (χ1n) is 9.61. The van der Waals surface area contributed by atoms with E-state index >= 15 is 0 Å². The summed E-state index contributed by atoms with van der Waals surface area (Å²) in [5.41, 5.74) is 1.02. The second kappa shape index (κ2) is 14.0. The Kier molecular flexibility index (Phi) is 12.1. The normalized spacial score (nSPS) is 10.7. The number of benzene rings is 2. The van der Waals surface area contributed by atoms with E-state index in [1.807, 2.05) is 48.3 Å². The van der Waals surface area contributed by atoms with E-state index in [9.17, 15) is 4.79 Å². The number of guanidine groups is 1. The predicted molar refractivity (Wildman–Crippen MR) is 136 cm³/mol. The zero-order valence-electron chi connectivity index (χ0n) is 18.3. The van der Waals surface area contributed by atoms with E-state index < -0.39 is 0 Å². The van der Waals surface area contributed by atoms with Crippen LogP contribution in [0.5, 0.6) is 11.5 Å². The van der Waals surface area contributed by atoms with Crippen LogP contribution in [0.15, 0.2) is 53.5 Å². The molecule has 170 valence electrons. The number of rotatable bonds is 9. The van der Waals surface area contributed by atoms with Crippen LogP contribution >= 0.6 is 35.6 Å². The van der Waals surface area contributed by atoms with Crippen molar-refractivity contribution in [2.45, 2.75) is 6.54 Å². The van der Waals surface area contributed by atoms with Gasteiger partial charge in [0.2, 0.25) is 0 Å². The number of aliphatic imine (C=N–C) groups is 1. The molecule has 0 saturated heterocycles. The lowest BCUT2D eigenvalue weighted by atomic mass is 10.2. The van der Waals surface area contributed by atoms with Crippen LogP contribution < -0.4 is 14.8 Å². The summed E-state index contributed by atoms with van der Waals surface area (Å²) in [7, 11) is 7.10. The van der Waals surface area contributed by atoms with Crippen molar-refractivity contribution in [1.82, 2.24) is 15.1 Å². The molecule has 0 aliphatic carbocycles. The first-order chi connectivity index (χ1) is 14.4. The fourth-order valence-corrected chi connectivity index (χ4v) is 2.65. The zero-order chi connectivity index (χ0) is 21.9. The van der Waals surface area contributed by atoms with Crippen LogP contribution in [0.25, 0.3) is 0 Å². The molecule has 0 aliphatic heterocycles. The standard InChI is InChI=1S/C22H29ClN4O3.HI/c1-24-22(27(4)12-13-29-19-10-8-18(23)9-11-19)25-15-17-6-5-7-20(14-17)30-16-21(28)26(2)3;/h5-11,14H,12-13,15-16H2,1-4H3,(H,24,25);1H. The summed E-state index contributed by atoms with van der Waals surface area (Å²) in [6, 6.07) is 14.9. The molecule has 7 nitrogen and oxygen atoms in total. The van der Waals surface area contributed by atoms with E-state index in [0.717, 1.165) is 17.3 Å². The van der Waals surface area contributed by atoms with Crippen LogP contribution in [-0.4, -0.2) is 69.6 Å². The van der Waals surface area contributed by atoms with E-state index in [4.69, 9.17) is 21.1 Å². The Bertz CT molecular complexity index is 847. The van der Waals surface area contributed by atoms with Gasteiger partial charge < -0.3 is 24.6 Å². The number of carbonyl (C=O) groups is 1. The summed E-state index contributed by atoms with van der Waals surface area (Å²) in [6.07, 6.45) is 0. The van der Waals surface area contributed by atoms with E-state index in [1.165, 1.54) is 4.90 Å². The van der Waals surface area contributed by atoms with Gasteiger partial charge in [-0.05, 0) is 42.0 Å². The molecule has 0 unspecified atom stereocenters. The zero-order valence-corrected chi connectivity index (χ0v) is 21.4. The summed E-state index contributed by atoms with van der Waals surface area (Å²) < 4.78 is 11.3. The molecule has 0 bridgehead atoms. The van der Waals surface area contributed by atoms with Crippen molar-refractivity contribution in [3.05, 3.63) is 59.1 Å². The highest BCUT2D eigenvalue weighted by atomic mass is 127. The summed E-state index contributed by atoms with van der Waals surface area (Å²) in [6.45, 7) is 1.77. The number of nitrogens with one attached hydrogen (secondary N) is 1. The molecule has 1 N–H and O–H groups in total. The van der Waals surface area contributed by atoms with Gasteiger partial charge in [-0.3, -0.25) is 9.79 Å². The third-order valence-electron chi connectivity index (χ3n) is 4.29. The third kappa shape index (κ3) is 9.65. The Morgan fingerprint density at radius 2 is 1.77 bits per heavy atom. The molecule has 0 atom stereocenters. The van der Waals surface area contributed by atoms with Crippen molar-refractivity contribution in [2.24, 2.45) is 4.99 Å². The fraction of sp³-hybridized carbons (Fsp3) is 0.364. The molecule has 2 rings (SSSR count). The van der Waals surface area contributed by atoms with Gasteiger partial charge >= 0.3 is 0 Å². The molecule has 0 saturated carbocycles. The van der Waals surface area contributed by atoms with Crippen LogP contribution in [0.1, 0.15) is 5.56 Å². The van der Waals surface area contributed by atoms with Gasteiger partial charge in [-0.25, -0.2) is 0 Å². The Hall–Kier alpha value is -2.20. The molecule has 1 amide bonds. The highest BCUT2D eigenvalue weighted by Gasteiger charge is 2.08. The van der Waals surface area contributed by atoms with Crippen molar-refractivity contribution in [1.29, 1.82) is 0 Å². The number of hydrogen-bond acceptors (Lipinski definition) is 4. The minimum atomic E-state index is -0.0821. The van der Waals surface area contributed by atoms with Gasteiger partial charge in [-0.15, -0.1) is 24.0 Å². The van der Waals surface area contributed by atoms with Crippen LogP contribution in [-0.2, 0) is 11.3 Å². The first kappa shape index (κ1) is 26.8. The average Bonchev–Trinajstić information content (AvgIpc) is 2.74. The molecule has 0 radical (unpaired) electrons. The number of likely N-dealkylation sites (N-methyl/N-ethyl adjacent to an activating group) is 2. The summed E-state index contributed by atoms with van der Waals surface area (Å²) in [4.78, 5) is 19.5.